The molecule has 2 aliphatic rings. The van der Waals surface area contributed by atoms with E-state index in [-0.39, 0.29) is 90.4 Å². The number of ether oxygens (including phenoxy) is 3. The summed E-state index contributed by atoms with van der Waals surface area (Å²) in [6, 6.07) is 15.4. The molecule has 0 saturated carbocycles. The van der Waals surface area contributed by atoms with Crippen LogP contribution in [-0.2, 0) is 39.9 Å². The standard InChI is InChI=1S/C68H104N12O13S2/c1-15-43(8)59(55(91-13)36-56(83)79-27-19-22-52(79)61(92-14)44(9)63(85)70-45(10)60(84)47-20-17-16-18-21-47)75(11)65(87)57(41(4)5)72-64(86)58(42(6)7)76(12)68(90)93-32-33-94-95-39-48(37-69)71-66(88)78-30-28-77(29-31-78)38-46-23-25-49(26-24-46)80-62(73-74-67(80)89)51-34-50(40(2)3)53(81)35-54(51)82/h16-18,20-21,23-26,34-35,40-45,48,52,55,57-61,81-82,84H,15,19,22,27-33,36-39,69H2,1-14H3,(H,70,85)(H,71,88)(H,72,86)(H,74,89)/t43-,44+,45+,48+,52-,55+,57-,58-,59-,60?,61+/m0/s1. The monoisotopic (exact) mass is 1360 g/mol. The van der Waals surface area contributed by atoms with E-state index in [0.29, 0.717) is 92.4 Å². The number of carbonyl (C=O) groups excluding carboxylic acids is 6. The quantitative estimate of drug-likeness (QED) is 0.0182. The summed E-state index contributed by atoms with van der Waals surface area (Å²) in [5.74, 6) is -2.14. The number of amides is 7. The minimum Gasteiger partial charge on any atom is -0.508 e. The van der Waals surface area contributed by atoms with Gasteiger partial charge in [-0.3, -0.25) is 29.0 Å². The first-order valence-corrected chi connectivity index (χ1v) is 35.6. The molecule has 27 heteroatoms. The van der Waals surface area contributed by atoms with Gasteiger partial charge in [0.25, 0.3) is 0 Å². The van der Waals surface area contributed by atoms with Crippen molar-refractivity contribution in [2.24, 2.45) is 29.4 Å². The van der Waals surface area contributed by atoms with Gasteiger partial charge in [0.2, 0.25) is 23.6 Å². The van der Waals surface area contributed by atoms with E-state index in [1.807, 2.05) is 97.9 Å². The number of methoxy groups -OCH3 is 2. The number of aliphatic hydroxyl groups is 1. The first kappa shape index (κ1) is 77.1. The smallest absolute Gasteiger partial charge is 0.410 e. The Morgan fingerprint density at radius 2 is 1.48 bits per heavy atom. The summed E-state index contributed by atoms with van der Waals surface area (Å²) in [6.07, 6.45) is -1.13. The molecule has 0 spiro atoms. The van der Waals surface area contributed by atoms with Crippen molar-refractivity contribution < 1.29 is 58.3 Å². The average molecular weight is 1360 g/mol. The maximum Gasteiger partial charge on any atom is 0.410 e. The normalized spacial score (nSPS) is 17.7. The number of likely N-dealkylation sites (tertiary alicyclic amines) is 1. The average Bonchev–Trinajstić information content (AvgIpc) is 1.71. The summed E-state index contributed by atoms with van der Waals surface area (Å²) < 4.78 is 19.1. The van der Waals surface area contributed by atoms with Gasteiger partial charge < -0.3 is 65.9 Å². The van der Waals surface area contributed by atoms with Crippen molar-refractivity contribution in [2.45, 2.75) is 162 Å². The predicted octanol–water partition coefficient (Wildman–Crippen LogP) is 6.69. The van der Waals surface area contributed by atoms with E-state index in [0.717, 1.165) is 5.56 Å². The van der Waals surface area contributed by atoms with Gasteiger partial charge in [-0.05, 0) is 78.3 Å². The maximum absolute atomic E-state index is 14.8. The van der Waals surface area contributed by atoms with Crippen molar-refractivity contribution in [1.29, 1.82) is 0 Å². The number of phenols is 2. The second-order valence-electron chi connectivity index (χ2n) is 26.1. The first-order chi connectivity index (χ1) is 45.2. The minimum atomic E-state index is -1.01. The zero-order valence-corrected chi connectivity index (χ0v) is 59.4. The molecule has 2 aliphatic heterocycles. The van der Waals surface area contributed by atoms with Crippen LogP contribution in [0.15, 0.2) is 71.5 Å². The van der Waals surface area contributed by atoms with Crippen LogP contribution in [0.25, 0.3) is 17.1 Å². The molecule has 0 radical (unpaired) electrons. The van der Waals surface area contributed by atoms with Gasteiger partial charge in [0.05, 0.1) is 66.1 Å². The molecule has 3 heterocycles. The SMILES string of the molecule is CC[C@H](C)[C@@H]([C@@H](CC(=O)N1CCC[C@H]1[C@H](OC)[C@@H](C)C(=O)N[C@H](C)C(O)c1ccccc1)OC)N(C)C(=O)[C@@H](NC(=O)[C@H](C(C)C)N(C)C(=O)OCCSSC[C@@H](CN)NC(=O)N1CCN(Cc2ccc(-n3c(-c4cc(C(C)C)c(O)cc4O)n[nH]c3=O)cc2)CC1)C(C)C. The number of aromatic amines is 1. The molecule has 6 rings (SSSR count). The van der Waals surface area contributed by atoms with Crippen LogP contribution < -0.4 is 27.4 Å². The zero-order valence-electron chi connectivity index (χ0n) is 57.8. The van der Waals surface area contributed by atoms with E-state index < -0.39 is 72.1 Å². The number of hydrogen-bond donors (Lipinski definition) is 8. The lowest BCUT2D eigenvalue weighted by Gasteiger charge is -2.41. The third kappa shape index (κ3) is 20.1. The van der Waals surface area contributed by atoms with Crippen LogP contribution in [0.2, 0.25) is 0 Å². The van der Waals surface area contributed by atoms with E-state index in [2.05, 4.69) is 31.0 Å². The predicted molar refractivity (Wildman–Crippen MR) is 370 cm³/mol. The zero-order chi connectivity index (χ0) is 70.0. The molecule has 0 aliphatic carbocycles. The highest BCUT2D eigenvalue weighted by Crippen LogP contribution is 2.38. The largest absolute Gasteiger partial charge is 0.508 e. The van der Waals surface area contributed by atoms with Crippen LogP contribution in [0, 0.1) is 23.7 Å². The third-order valence-corrected chi connectivity index (χ3v) is 20.8. The summed E-state index contributed by atoms with van der Waals surface area (Å²) in [7, 11) is 9.15. The number of nitrogens with two attached hydrogens (primary N) is 1. The van der Waals surface area contributed by atoms with E-state index >= 15 is 0 Å². The molecule has 3 aromatic carbocycles. The fraction of sp³-hybridized carbons (Fsp3) is 0.618. The number of likely N-dealkylation sites (N-methyl/N-ethyl adjacent to an activating group) is 2. The Bertz CT molecular complexity index is 3200. The molecule has 11 atom stereocenters. The Kier molecular flexibility index (Phi) is 29.6. The molecule has 526 valence electrons. The number of aromatic nitrogens is 3. The number of rotatable bonds is 33. The summed E-state index contributed by atoms with van der Waals surface area (Å²) in [4.78, 5) is 106. The minimum absolute atomic E-state index is 0.0371. The Hall–Kier alpha value is -6.88. The Balaban J connectivity index is 0.940. The fourth-order valence-electron chi connectivity index (χ4n) is 12.6. The Morgan fingerprint density at radius 3 is 2.08 bits per heavy atom. The molecule has 0 bridgehead atoms. The molecule has 7 amide bonds. The van der Waals surface area contributed by atoms with Gasteiger partial charge >= 0.3 is 17.8 Å². The van der Waals surface area contributed by atoms with E-state index in [9.17, 15) is 48.9 Å². The van der Waals surface area contributed by atoms with Crippen molar-refractivity contribution in [2.75, 3.05) is 85.7 Å². The molecule has 2 fully saturated rings. The summed E-state index contributed by atoms with van der Waals surface area (Å²) in [5.41, 5.74) is 8.78. The van der Waals surface area contributed by atoms with Crippen LogP contribution in [0.5, 0.6) is 11.5 Å². The molecule has 1 unspecified atom stereocenters. The van der Waals surface area contributed by atoms with Crippen molar-refractivity contribution in [3.63, 3.8) is 0 Å². The van der Waals surface area contributed by atoms with Crippen LogP contribution in [0.4, 0.5) is 9.59 Å². The Labute approximate surface area is 567 Å². The molecular weight excluding hydrogens is 1260 g/mol. The lowest BCUT2D eigenvalue weighted by Crippen LogP contribution is -2.60. The van der Waals surface area contributed by atoms with Gasteiger partial charge in [0, 0.05) is 91.7 Å². The number of phenolic OH excluding ortho intramolecular Hbond substituents is 2. The fourth-order valence-corrected chi connectivity index (χ4v) is 14.7. The highest BCUT2D eigenvalue weighted by Gasteiger charge is 2.44. The molecule has 2 saturated heterocycles. The van der Waals surface area contributed by atoms with Crippen LogP contribution in [-0.4, -0.2) is 224 Å². The maximum atomic E-state index is 14.8. The second-order valence-corrected chi connectivity index (χ2v) is 28.7. The second kappa shape index (κ2) is 36.5. The van der Waals surface area contributed by atoms with Gasteiger partial charge in [0.15, 0.2) is 5.82 Å². The van der Waals surface area contributed by atoms with Gasteiger partial charge in [-0.25, -0.2) is 24.0 Å². The van der Waals surface area contributed by atoms with Crippen molar-refractivity contribution >= 4 is 57.3 Å². The number of urea groups is 1. The number of aromatic hydroxyl groups is 2. The van der Waals surface area contributed by atoms with Gasteiger partial charge in [-0.1, -0.05) is 133 Å². The number of benzene rings is 3. The highest BCUT2D eigenvalue weighted by atomic mass is 33.1. The number of piperazine rings is 1. The van der Waals surface area contributed by atoms with Gasteiger partial charge in [-0.15, -0.1) is 0 Å². The Morgan fingerprint density at radius 1 is 0.811 bits per heavy atom. The van der Waals surface area contributed by atoms with Crippen molar-refractivity contribution in [3.05, 3.63) is 93.9 Å². The van der Waals surface area contributed by atoms with Crippen LogP contribution in [0.1, 0.15) is 124 Å². The number of carbonyl (C=O) groups is 6. The van der Waals surface area contributed by atoms with Crippen molar-refractivity contribution in [3.8, 4) is 28.6 Å². The molecule has 95 heavy (non-hydrogen) atoms. The van der Waals surface area contributed by atoms with E-state index in [1.165, 1.54) is 58.4 Å². The van der Waals surface area contributed by atoms with Gasteiger partial charge in [-0.2, -0.15) is 5.10 Å². The van der Waals surface area contributed by atoms with E-state index in [4.69, 9.17) is 19.9 Å². The van der Waals surface area contributed by atoms with E-state index in [1.54, 1.807) is 53.8 Å². The summed E-state index contributed by atoms with van der Waals surface area (Å²) in [5, 5.41) is 47.7. The molecule has 1 aromatic heterocycles. The first-order valence-electron chi connectivity index (χ1n) is 33.1. The number of aliphatic hydroxyl groups excluding tert-OH is 1. The summed E-state index contributed by atoms with van der Waals surface area (Å²) in [6.45, 7) is 22.2. The lowest BCUT2D eigenvalue weighted by atomic mass is 9.89. The topological polar surface area (TPSA) is 320 Å². The highest BCUT2D eigenvalue weighted by molar-refractivity contribution is 8.76. The molecule has 4 aromatic rings. The number of H-pyrrole nitrogens is 1. The summed E-state index contributed by atoms with van der Waals surface area (Å²) >= 11 is 0. The van der Waals surface area contributed by atoms with Crippen LogP contribution >= 0.6 is 21.6 Å². The lowest BCUT2D eigenvalue weighted by molar-refractivity contribution is -0.148. The van der Waals surface area contributed by atoms with Gasteiger partial charge in [0.1, 0.15) is 30.2 Å². The number of hydrogen-bond acceptors (Lipinski definition) is 18. The van der Waals surface area contributed by atoms with Crippen molar-refractivity contribution in [1.82, 2.24) is 55.2 Å². The molecule has 9 N–H and O–H groups in total. The van der Waals surface area contributed by atoms with Crippen LogP contribution in [0.3, 0.4) is 0 Å². The third-order valence-electron chi connectivity index (χ3n) is 18.4. The number of nitrogens with one attached hydrogen (secondary N) is 4. The molecule has 25 nitrogen and oxygen atoms in total. The number of nitrogens with zero attached hydrogens (tertiary/aromatic N) is 7. The molecular formula is C68H104N12O13S2.